The molecule has 0 radical (unpaired) electrons. The summed E-state index contributed by atoms with van der Waals surface area (Å²) in [5.74, 6) is 1.26. The van der Waals surface area contributed by atoms with E-state index in [1.54, 1.807) is 0 Å². The van der Waals surface area contributed by atoms with Gasteiger partial charge in [-0.1, -0.05) is 12.1 Å². The second-order valence-electron chi connectivity index (χ2n) is 6.61. The first-order valence-electron chi connectivity index (χ1n) is 9.45. The van der Waals surface area contributed by atoms with Gasteiger partial charge >= 0.3 is 0 Å². The molecule has 0 unspecified atom stereocenters. The van der Waals surface area contributed by atoms with Crippen molar-refractivity contribution < 1.29 is 9.53 Å². The fourth-order valence-electron chi connectivity index (χ4n) is 3.53. The molecule has 2 heterocycles. The smallest absolute Gasteiger partial charge is 0.223 e. The highest BCUT2D eigenvalue weighted by Gasteiger charge is 2.21. The molecule has 1 aromatic rings. The number of hydrogen-bond donors (Lipinski definition) is 1. The molecule has 0 aliphatic carbocycles. The quantitative estimate of drug-likeness (QED) is 0.763. The summed E-state index contributed by atoms with van der Waals surface area (Å²) in [5, 5.41) is 3.29. The number of carbonyl (C=O) groups is 1. The molecule has 154 valence electrons. The number of anilines is 1. The maximum Gasteiger partial charge on any atom is 0.223 e. The van der Waals surface area contributed by atoms with Gasteiger partial charge in [-0.15, -0.1) is 24.8 Å². The van der Waals surface area contributed by atoms with Crippen LogP contribution in [0.5, 0.6) is 5.75 Å². The molecular formula is C19H32Cl2N4O2. The van der Waals surface area contributed by atoms with Crippen LogP contribution >= 0.6 is 24.8 Å². The number of rotatable bonds is 6. The fourth-order valence-corrected chi connectivity index (χ4v) is 3.53. The first-order chi connectivity index (χ1) is 12.3. The molecule has 2 aliphatic rings. The van der Waals surface area contributed by atoms with Gasteiger partial charge in [0.25, 0.3) is 0 Å². The summed E-state index contributed by atoms with van der Waals surface area (Å²) in [6.07, 6.45) is 0.634. The Morgan fingerprint density at radius 2 is 1.70 bits per heavy atom. The van der Waals surface area contributed by atoms with Crippen LogP contribution in [0.25, 0.3) is 0 Å². The number of nitrogens with one attached hydrogen (secondary N) is 1. The van der Waals surface area contributed by atoms with Crippen molar-refractivity contribution in [2.75, 3.05) is 70.4 Å². The Kier molecular flexibility index (Phi) is 10.8. The van der Waals surface area contributed by atoms with Crippen LogP contribution in [0.4, 0.5) is 5.69 Å². The third-order valence-electron chi connectivity index (χ3n) is 4.99. The molecule has 6 nitrogen and oxygen atoms in total. The first kappa shape index (κ1) is 23.8. The molecule has 1 N–H and O–H groups in total. The summed E-state index contributed by atoms with van der Waals surface area (Å²) in [6.45, 7) is 11.1. The Labute approximate surface area is 175 Å². The summed E-state index contributed by atoms with van der Waals surface area (Å²) in [4.78, 5) is 19.1. The van der Waals surface area contributed by atoms with Gasteiger partial charge in [-0.3, -0.25) is 9.69 Å². The van der Waals surface area contributed by atoms with Crippen molar-refractivity contribution in [3.63, 3.8) is 0 Å². The van der Waals surface area contributed by atoms with E-state index in [0.717, 1.165) is 64.7 Å². The lowest BCUT2D eigenvalue weighted by Gasteiger charge is -2.37. The zero-order valence-corrected chi connectivity index (χ0v) is 17.7. The van der Waals surface area contributed by atoms with Crippen LogP contribution in [0, 0.1) is 0 Å². The number of amides is 1. The predicted molar refractivity (Wildman–Crippen MR) is 115 cm³/mol. The van der Waals surface area contributed by atoms with Crippen molar-refractivity contribution in [3.8, 4) is 5.75 Å². The van der Waals surface area contributed by atoms with Gasteiger partial charge in [0.05, 0.1) is 12.3 Å². The predicted octanol–water partition coefficient (Wildman–Crippen LogP) is 1.87. The topological polar surface area (TPSA) is 48.1 Å². The summed E-state index contributed by atoms with van der Waals surface area (Å²) in [5.41, 5.74) is 1.18. The number of hydrogen-bond acceptors (Lipinski definition) is 5. The average Bonchev–Trinajstić information content (AvgIpc) is 2.68. The first-order valence-corrected chi connectivity index (χ1v) is 9.45. The van der Waals surface area contributed by atoms with Gasteiger partial charge in [-0.25, -0.2) is 0 Å². The Bertz CT molecular complexity index is 562. The molecule has 2 fully saturated rings. The average molecular weight is 419 g/mol. The number of nitrogens with zero attached hydrogens (tertiary/aromatic N) is 3. The monoisotopic (exact) mass is 418 g/mol. The zero-order chi connectivity index (χ0) is 17.5. The van der Waals surface area contributed by atoms with Crippen LogP contribution in [-0.4, -0.2) is 81.2 Å². The minimum Gasteiger partial charge on any atom is -0.492 e. The van der Waals surface area contributed by atoms with Gasteiger partial charge in [-0.05, 0) is 19.1 Å². The van der Waals surface area contributed by atoms with Crippen LogP contribution in [-0.2, 0) is 4.79 Å². The molecule has 0 bridgehead atoms. The molecule has 2 saturated heterocycles. The van der Waals surface area contributed by atoms with Crippen LogP contribution in [0.1, 0.15) is 13.3 Å². The maximum atomic E-state index is 12.3. The summed E-state index contributed by atoms with van der Waals surface area (Å²) in [7, 11) is 0. The lowest BCUT2D eigenvalue weighted by Crippen LogP contribution is -2.49. The minimum absolute atomic E-state index is 0. The van der Waals surface area contributed by atoms with Crippen molar-refractivity contribution in [3.05, 3.63) is 24.3 Å². The van der Waals surface area contributed by atoms with Gasteiger partial charge in [0, 0.05) is 65.3 Å². The molecule has 1 amide bonds. The normalized spacial score (nSPS) is 17.7. The van der Waals surface area contributed by atoms with E-state index in [1.165, 1.54) is 5.69 Å². The molecule has 0 aromatic heterocycles. The van der Waals surface area contributed by atoms with E-state index in [4.69, 9.17) is 4.74 Å². The molecule has 27 heavy (non-hydrogen) atoms. The molecule has 1 aromatic carbocycles. The molecule has 8 heteroatoms. The van der Waals surface area contributed by atoms with Crippen molar-refractivity contribution in [1.82, 2.24) is 15.1 Å². The van der Waals surface area contributed by atoms with Gasteiger partial charge in [-0.2, -0.15) is 0 Å². The van der Waals surface area contributed by atoms with E-state index in [2.05, 4.69) is 27.2 Å². The highest BCUT2D eigenvalue weighted by Crippen LogP contribution is 2.28. The van der Waals surface area contributed by atoms with Crippen molar-refractivity contribution >= 4 is 36.4 Å². The van der Waals surface area contributed by atoms with E-state index in [-0.39, 0.29) is 24.8 Å². The maximum absolute atomic E-state index is 12.3. The van der Waals surface area contributed by atoms with Gasteiger partial charge in [0.1, 0.15) is 5.75 Å². The van der Waals surface area contributed by atoms with Crippen LogP contribution in [0.3, 0.4) is 0 Å². The van der Waals surface area contributed by atoms with Crippen LogP contribution in [0.2, 0.25) is 0 Å². The summed E-state index contributed by atoms with van der Waals surface area (Å²) < 4.78 is 5.75. The molecule has 0 saturated carbocycles. The lowest BCUT2D eigenvalue weighted by atomic mass is 10.2. The summed E-state index contributed by atoms with van der Waals surface area (Å²) >= 11 is 0. The number of para-hydroxylation sites is 2. The largest absolute Gasteiger partial charge is 0.492 e. The fraction of sp³-hybridized carbons (Fsp3) is 0.632. The Morgan fingerprint density at radius 3 is 2.37 bits per heavy atom. The van der Waals surface area contributed by atoms with E-state index in [1.807, 2.05) is 24.0 Å². The number of ether oxygens (including phenoxy) is 1. The van der Waals surface area contributed by atoms with Crippen molar-refractivity contribution in [1.29, 1.82) is 0 Å². The highest BCUT2D eigenvalue weighted by molar-refractivity contribution is 5.85. The zero-order valence-electron chi connectivity index (χ0n) is 16.1. The number of piperazine rings is 2. The Morgan fingerprint density at radius 1 is 1.04 bits per heavy atom. The minimum atomic E-state index is 0. The van der Waals surface area contributed by atoms with Gasteiger partial charge < -0.3 is 19.9 Å². The molecule has 3 rings (SSSR count). The summed E-state index contributed by atoms with van der Waals surface area (Å²) in [6, 6.07) is 8.26. The third kappa shape index (κ3) is 6.71. The number of benzene rings is 1. The van der Waals surface area contributed by atoms with E-state index >= 15 is 0 Å². The van der Waals surface area contributed by atoms with Crippen LogP contribution < -0.4 is 15.0 Å². The van der Waals surface area contributed by atoms with Crippen LogP contribution in [0.15, 0.2) is 24.3 Å². The van der Waals surface area contributed by atoms with Crippen molar-refractivity contribution in [2.45, 2.75) is 13.3 Å². The second-order valence-corrected chi connectivity index (χ2v) is 6.61. The highest BCUT2D eigenvalue weighted by atomic mass is 35.5. The van der Waals surface area contributed by atoms with E-state index in [0.29, 0.717) is 18.9 Å². The molecule has 0 spiro atoms. The van der Waals surface area contributed by atoms with E-state index in [9.17, 15) is 4.79 Å². The Balaban J connectivity index is 0.00000182. The number of carbonyl (C=O) groups excluding carboxylic acids is 1. The Hall–Kier alpha value is -1.21. The third-order valence-corrected chi connectivity index (χ3v) is 4.99. The number of halogens is 2. The SMILES string of the molecule is CCOc1ccccc1N1CCN(CCC(=O)N2CCNCC2)CC1.Cl.Cl. The molecular weight excluding hydrogens is 387 g/mol. The molecule has 2 aliphatic heterocycles. The standard InChI is InChI=1S/C19H30N4O2.2ClH/c1-2-25-18-6-4-3-5-17(18)22-15-13-21(14-16-22)10-7-19(24)23-11-8-20-9-12-23;;/h3-6,20H,2,7-16H2,1H3;2*1H. The van der Waals surface area contributed by atoms with Gasteiger partial charge in [0.2, 0.25) is 5.91 Å². The second kappa shape index (κ2) is 12.3. The molecule has 0 atom stereocenters. The van der Waals surface area contributed by atoms with Crippen molar-refractivity contribution in [2.24, 2.45) is 0 Å². The van der Waals surface area contributed by atoms with E-state index < -0.39 is 0 Å². The lowest BCUT2D eigenvalue weighted by molar-refractivity contribution is -0.132. The van der Waals surface area contributed by atoms with Gasteiger partial charge in [0.15, 0.2) is 0 Å².